The first-order valence-electron chi connectivity index (χ1n) is 9.85. The van der Waals surface area contributed by atoms with E-state index in [4.69, 9.17) is 0 Å². The lowest BCUT2D eigenvalue weighted by atomic mass is 9.95. The first kappa shape index (κ1) is 17.5. The van der Waals surface area contributed by atoms with Crippen LogP contribution in [0.15, 0.2) is 54.9 Å². The molecule has 0 spiro atoms. The summed E-state index contributed by atoms with van der Waals surface area (Å²) in [4.78, 5) is 8.26. The number of piperazine rings is 1. The number of nitrogens with zero attached hydrogens (tertiary/aromatic N) is 3. The van der Waals surface area contributed by atoms with Crippen molar-refractivity contribution in [1.82, 2.24) is 19.4 Å². The third-order valence-corrected chi connectivity index (χ3v) is 6.10. The fourth-order valence-corrected chi connectivity index (χ4v) is 4.57. The van der Waals surface area contributed by atoms with Gasteiger partial charge < -0.3 is 14.5 Å². The molecule has 1 saturated heterocycles. The van der Waals surface area contributed by atoms with Gasteiger partial charge >= 0.3 is 0 Å². The van der Waals surface area contributed by atoms with Gasteiger partial charge in [0.2, 0.25) is 0 Å². The van der Waals surface area contributed by atoms with Crippen LogP contribution in [0, 0.1) is 5.82 Å². The third-order valence-electron chi connectivity index (χ3n) is 6.10. The smallest absolute Gasteiger partial charge is 0.123 e. The Kier molecular flexibility index (Phi) is 4.22. The second kappa shape index (κ2) is 6.76. The monoisotopic (exact) mass is 376 g/mol. The van der Waals surface area contributed by atoms with E-state index in [1.54, 1.807) is 6.07 Å². The minimum Gasteiger partial charge on any atom is -0.361 e. The van der Waals surface area contributed by atoms with Crippen LogP contribution in [0.25, 0.3) is 21.8 Å². The van der Waals surface area contributed by atoms with E-state index in [1.165, 1.54) is 22.5 Å². The van der Waals surface area contributed by atoms with Crippen molar-refractivity contribution >= 4 is 21.8 Å². The number of halogens is 1. The van der Waals surface area contributed by atoms with Crippen LogP contribution in [-0.2, 0) is 7.05 Å². The number of fused-ring (bicyclic) bond motifs is 2. The predicted molar refractivity (Wildman–Crippen MR) is 112 cm³/mol. The summed E-state index contributed by atoms with van der Waals surface area (Å²) in [6.07, 6.45) is 4.31. The highest BCUT2D eigenvalue weighted by Gasteiger charge is 2.29. The number of aryl methyl sites for hydroxylation is 1. The van der Waals surface area contributed by atoms with Crippen LogP contribution < -0.4 is 0 Å². The second-order valence-electron chi connectivity index (χ2n) is 7.89. The Morgan fingerprint density at radius 3 is 2.54 bits per heavy atom. The molecule has 3 heterocycles. The van der Waals surface area contributed by atoms with Crippen molar-refractivity contribution in [1.29, 1.82) is 0 Å². The highest BCUT2D eigenvalue weighted by molar-refractivity contribution is 5.88. The Labute approximate surface area is 164 Å². The zero-order valence-corrected chi connectivity index (χ0v) is 16.3. The van der Waals surface area contributed by atoms with Gasteiger partial charge in [-0.25, -0.2) is 4.39 Å². The summed E-state index contributed by atoms with van der Waals surface area (Å²) in [6, 6.07) is 13.6. The summed E-state index contributed by atoms with van der Waals surface area (Å²) in [5.41, 5.74) is 4.64. The molecule has 0 aliphatic carbocycles. The van der Waals surface area contributed by atoms with Gasteiger partial charge in [-0.15, -0.1) is 0 Å². The van der Waals surface area contributed by atoms with E-state index < -0.39 is 0 Å². The van der Waals surface area contributed by atoms with Gasteiger partial charge in [-0.1, -0.05) is 18.2 Å². The van der Waals surface area contributed by atoms with Crippen LogP contribution in [0.2, 0.25) is 0 Å². The molecule has 4 nitrogen and oxygen atoms in total. The molecule has 1 unspecified atom stereocenters. The summed E-state index contributed by atoms with van der Waals surface area (Å²) in [5, 5.41) is 2.23. The van der Waals surface area contributed by atoms with Gasteiger partial charge in [-0.3, -0.25) is 4.90 Å². The average Bonchev–Trinajstić information content (AvgIpc) is 3.26. The van der Waals surface area contributed by atoms with Gasteiger partial charge in [0.05, 0.1) is 6.04 Å². The topological polar surface area (TPSA) is 27.2 Å². The minimum atomic E-state index is -0.191. The van der Waals surface area contributed by atoms with E-state index in [0.29, 0.717) is 0 Å². The molecule has 0 bridgehead atoms. The van der Waals surface area contributed by atoms with E-state index in [-0.39, 0.29) is 11.9 Å². The van der Waals surface area contributed by atoms with Crippen molar-refractivity contribution in [2.24, 2.45) is 7.05 Å². The molecule has 5 heteroatoms. The quantitative estimate of drug-likeness (QED) is 0.582. The molecule has 2 aromatic carbocycles. The Morgan fingerprint density at radius 2 is 1.71 bits per heavy atom. The summed E-state index contributed by atoms with van der Waals surface area (Å²) >= 11 is 0. The van der Waals surface area contributed by atoms with Gasteiger partial charge in [0, 0.05) is 67.4 Å². The predicted octanol–water partition coefficient (Wildman–Crippen LogP) is 4.14. The van der Waals surface area contributed by atoms with Crippen LogP contribution in [-0.4, -0.2) is 52.6 Å². The van der Waals surface area contributed by atoms with Gasteiger partial charge in [-0.05, 0) is 42.4 Å². The lowest BCUT2D eigenvalue weighted by molar-refractivity contribution is 0.128. The van der Waals surface area contributed by atoms with Crippen molar-refractivity contribution in [2.75, 3.05) is 33.2 Å². The molecule has 1 fully saturated rings. The van der Waals surface area contributed by atoms with Crippen molar-refractivity contribution in [3.8, 4) is 0 Å². The molecule has 144 valence electrons. The third kappa shape index (κ3) is 2.82. The minimum absolute atomic E-state index is 0.0929. The van der Waals surface area contributed by atoms with Crippen LogP contribution in [0.5, 0.6) is 0 Å². The normalized spacial score (nSPS) is 17.5. The molecule has 0 saturated carbocycles. The molecule has 5 rings (SSSR count). The zero-order valence-electron chi connectivity index (χ0n) is 16.3. The van der Waals surface area contributed by atoms with Crippen LogP contribution in [0.3, 0.4) is 0 Å². The Balaban J connectivity index is 1.72. The molecule has 1 N–H and O–H groups in total. The maximum Gasteiger partial charge on any atom is 0.123 e. The highest BCUT2D eigenvalue weighted by atomic mass is 19.1. The van der Waals surface area contributed by atoms with E-state index in [9.17, 15) is 4.39 Å². The highest BCUT2D eigenvalue weighted by Crippen LogP contribution is 2.38. The fourth-order valence-electron chi connectivity index (χ4n) is 4.57. The summed E-state index contributed by atoms with van der Waals surface area (Å²) in [5.74, 6) is -0.191. The Hall–Kier alpha value is -2.63. The maximum absolute atomic E-state index is 14.1. The number of para-hydroxylation sites is 1. The molecule has 2 aromatic heterocycles. The summed E-state index contributed by atoms with van der Waals surface area (Å²) < 4.78 is 16.3. The Morgan fingerprint density at radius 1 is 0.929 bits per heavy atom. The van der Waals surface area contributed by atoms with Crippen molar-refractivity contribution in [3.05, 3.63) is 71.8 Å². The number of nitrogens with one attached hydrogen (secondary N) is 1. The summed E-state index contributed by atoms with van der Waals surface area (Å²) in [6.45, 7) is 4.06. The number of likely N-dealkylation sites (N-methyl/N-ethyl adjacent to an activating group) is 1. The van der Waals surface area contributed by atoms with Crippen LogP contribution >= 0.6 is 0 Å². The van der Waals surface area contributed by atoms with E-state index >= 15 is 0 Å². The maximum atomic E-state index is 14.1. The van der Waals surface area contributed by atoms with E-state index in [2.05, 4.69) is 70.1 Å². The molecule has 28 heavy (non-hydrogen) atoms. The van der Waals surface area contributed by atoms with Gasteiger partial charge in [0.15, 0.2) is 0 Å². The molecule has 0 amide bonds. The van der Waals surface area contributed by atoms with Crippen molar-refractivity contribution in [2.45, 2.75) is 6.04 Å². The van der Waals surface area contributed by atoms with Crippen LogP contribution in [0.4, 0.5) is 4.39 Å². The number of aromatic nitrogens is 2. The molecule has 4 aromatic rings. The van der Waals surface area contributed by atoms with Gasteiger partial charge in [0.1, 0.15) is 5.82 Å². The number of aromatic amines is 1. The Bertz CT molecular complexity index is 1130. The number of hydrogen-bond acceptors (Lipinski definition) is 2. The lowest BCUT2D eigenvalue weighted by Crippen LogP contribution is -2.46. The standard InChI is InChI=1S/C23H25FN4/c1-26-9-11-28(12-10-26)23(19-14-25-21-8-7-16(24)13-18(19)21)20-15-27(2)22-6-4-3-5-17(20)22/h3-8,13-15,23,25H,9-12H2,1-2H3. The van der Waals surface area contributed by atoms with Crippen LogP contribution in [0.1, 0.15) is 17.2 Å². The zero-order chi connectivity index (χ0) is 19.3. The van der Waals surface area contributed by atoms with E-state index in [0.717, 1.165) is 42.6 Å². The molecule has 0 radical (unpaired) electrons. The van der Waals surface area contributed by atoms with Crippen molar-refractivity contribution in [3.63, 3.8) is 0 Å². The average molecular weight is 376 g/mol. The van der Waals surface area contributed by atoms with E-state index in [1.807, 2.05) is 6.07 Å². The number of hydrogen-bond donors (Lipinski definition) is 1. The fraction of sp³-hybridized carbons (Fsp3) is 0.304. The number of rotatable bonds is 3. The lowest BCUT2D eigenvalue weighted by Gasteiger charge is -2.38. The summed E-state index contributed by atoms with van der Waals surface area (Å²) in [7, 11) is 4.27. The first-order chi connectivity index (χ1) is 13.6. The van der Waals surface area contributed by atoms with Crippen molar-refractivity contribution < 1.29 is 4.39 Å². The number of H-pyrrole nitrogens is 1. The largest absolute Gasteiger partial charge is 0.361 e. The molecule has 1 atom stereocenters. The first-order valence-corrected chi connectivity index (χ1v) is 9.85. The van der Waals surface area contributed by atoms with Gasteiger partial charge in [-0.2, -0.15) is 0 Å². The van der Waals surface area contributed by atoms with Gasteiger partial charge in [0.25, 0.3) is 0 Å². The molecule has 1 aliphatic heterocycles. The number of benzene rings is 2. The SMILES string of the molecule is CN1CCN(C(c2c[nH]c3ccc(F)cc23)c2cn(C)c3ccccc23)CC1. The second-order valence-corrected chi connectivity index (χ2v) is 7.89. The molecular formula is C23H25FN4. The molecule has 1 aliphatic rings. The molecular weight excluding hydrogens is 351 g/mol.